The maximum Gasteiger partial charge on any atom is 0.338 e. The lowest BCUT2D eigenvalue weighted by Gasteiger charge is -2.10. The van der Waals surface area contributed by atoms with Crippen molar-refractivity contribution in [2.75, 3.05) is 14.2 Å². The van der Waals surface area contributed by atoms with Gasteiger partial charge in [0.2, 0.25) is 0 Å². The summed E-state index contributed by atoms with van der Waals surface area (Å²) in [6, 6.07) is 9.24. The van der Waals surface area contributed by atoms with Crippen molar-refractivity contribution in [3.63, 3.8) is 0 Å². The molecule has 0 fully saturated rings. The van der Waals surface area contributed by atoms with Crippen molar-refractivity contribution in [3.8, 4) is 17.2 Å². The van der Waals surface area contributed by atoms with Gasteiger partial charge in [0.05, 0.1) is 25.5 Å². The van der Waals surface area contributed by atoms with E-state index < -0.39 is 5.97 Å². The first kappa shape index (κ1) is 17.2. The van der Waals surface area contributed by atoms with Crippen LogP contribution in [0.2, 0.25) is 0 Å². The van der Waals surface area contributed by atoms with Gasteiger partial charge in [-0.1, -0.05) is 0 Å². The van der Waals surface area contributed by atoms with Crippen LogP contribution in [0.25, 0.3) is 10.9 Å². The third kappa shape index (κ3) is 3.12. The average molecular weight is 353 g/mol. The zero-order valence-electron chi connectivity index (χ0n) is 14.0. The van der Waals surface area contributed by atoms with Crippen molar-refractivity contribution in [3.05, 3.63) is 48.2 Å². The molecule has 0 bridgehead atoms. The van der Waals surface area contributed by atoms with Gasteiger partial charge in [-0.15, -0.1) is 10.2 Å². The fourth-order valence-electron chi connectivity index (χ4n) is 2.46. The van der Waals surface area contributed by atoms with Gasteiger partial charge in [-0.3, -0.25) is 4.98 Å². The highest BCUT2D eigenvalue weighted by atomic mass is 16.5. The Morgan fingerprint density at radius 3 is 2.42 bits per heavy atom. The van der Waals surface area contributed by atoms with Crippen LogP contribution >= 0.6 is 0 Å². The van der Waals surface area contributed by atoms with Crippen LogP contribution in [-0.4, -0.2) is 35.4 Å². The van der Waals surface area contributed by atoms with Gasteiger partial charge in [0.25, 0.3) is 0 Å². The summed E-state index contributed by atoms with van der Waals surface area (Å²) in [6.45, 7) is 0. The molecular formula is C18H15N3O5. The van der Waals surface area contributed by atoms with Crippen LogP contribution in [0.4, 0.5) is 11.4 Å². The molecule has 0 unspecified atom stereocenters. The summed E-state index contributed by atoms with van der Waals surface area (Å²) in [7, 11) is 2.86. The third-order valence-electron chi connectivity index (χ3n) is 3.72. The Labute approximate surface area is 148 Å². The number of hydrogen-bond donors (Lipinski definition) is 2. The van der Waals surface area contributed by atoms with E-state index in [1.165, 1.54) is 32.4 Å². The van der Waals surface area contributed by atoms with Gasteiger partial charge in [0.15, 0.2) is 11.5 Å². The molecule has 3 aromatic rings. The number of azo groups is 1. The molecular weight excluding hydrogens is 338 g/mol. The topological polar surface area (TPSA) is 114 Å². The predicted octanol–water partition coefficient (Wildman–Crippen LogP) is 4.07. The molecule has 0 aliphatic carbocycles. The second-order valence-corrected chi connectivity index (χ2v) is 5.23. The number of methoxy groups -OCH3 is 2. The number of pyridine rings is 1. The number of aromatic hydroxyl groups is 1. The number of benzene rings is 2. The number of carboxylic acid groups (broad SMARTS) is 1. The van der Waals surface area contributed by atoms with Crippen LogP contribution in [0.1, 0.15) is 10.4 Å². The molecule has 0 saturated heterocycles. The lowest BCUT2D eigenvalue weighted by Crippen LogP contribution is -1.99. The van der Waals surface area contributed by atoms with Crippen LogP contribution in [-0.2, 0) is 0 Å². The largest absolute Gasteiger partial charge is 0.506 e. The van der Waals surface area contributed by atoms with Crippen molar-refractivity contribution in [2.24, 2.45) is 10.2 Å². The number of nitrogens with zero attached hydrogens (tertiary/aromatic N) is 3. The van der Waals surface area contributed by atoms with Crippen molar-refractivity contribution in [1.29, 1.82) is 0 Å². The van der Waals surface area contributed by atoms with Gasteiger partial charge < -0.3 is 19.7 Å². The number of carbonyl (C=O) groups is 1. The highest BCUT2D eigenvalue weighted by molar-refractivity contribution is 5.95. The molecule has 26 heavy (non-hydrogen) atoms. The van der Waals surface area contributed by atoms with Crippen LogP contribution in [0.15, 0.2) is 52.8 Å². The number of phenols is 1. The SMILES string of the molecule is COc1cc(N=Nc2ccc(O)c3ncccc23)c(C(=O)O)cc1OC. The second kappa shape index (κ2) is 7.06. The fraction of sp³-hybridized carbons (Fsp3) is 0.111. The van der Waals surface area contributed by atoms with Crippen LogP contribution < -0.4 is 9.47 Å². The number of carboxylic acids is 1. The molecule has 0 atom stereocenters. The molecule has 3 rings (SSSR count). The number of aromatic carboxylic acids is 1. The van der Waals surface area contributed by atoms with E-state index in [0.717, 1.165) is 0 Å². The van der Waals surface area contributed by atoms with Crippen LogP contribution in [0.5, 0.6) is 17.2 Å². The molecule has 0 amide bonds. The molecule has 8 nitrogen and oxygen atoms in total. The number of hydrogen-bond acceptors (Lipinski definition) is 7. The lowest BCUT2D eigenvalue weighted by molar-refractivity contribution is 0.0697. The highest BCUT2D eigenvalue weighted by Crippen LogP contribution is 2.37. The molecule has 2 aromatic carbocycles. The molecule has 1 aromatic heterocycles. The standard InChI is InChI=1S/C18H15N3O5/c1-25-15-8-11(18(23)24)13(9-16(15)26-2)21-20-12-5-6-14(22)17-10(12)4-3-7-19-17/h3-9,22H,1-2H3,(H,23,24). The van der Waals surface area contributed by atoms with Crippen molar-refractivity contribution >= 4 is 28.2 Å². The summed E-state index contributed by atoms with van der Waals surface area (Å²) >= 11 is 0. The fourth-order valence-corrected chi connectivity index (χ4v) is 2.46. The van der Waals surface area contributed by atoms with Gasteiger partial charge in [-0.2, -0.15) is 0 Å². The summed E-state index contributed by atoms with van der Waals surface area (Å²) in [4.78, 5) is 15.6. The molecule has 132 valence electrons. The Kier molecular flexibility index (Phi) is 4.66. The first-order valence-electron chi connectivity index (χ1n) is 7.53. The minimum absolute atomic E-state index is 0.0249. The Morgan fingerprint density at radius 2 is 1.73 bits per heavy atom. The molecule has 2 N–H and O–H groups in total. The van der Waals surface area contributed by atoms with Gasteiger partial charge in [-0.05, 0) is 24.3 Å². The first-order chi connectivity index (χ1) is 12.5. The maximum atomic E-state index is 11.5. The Hall–Kier alpha value is -3.68. The molecule has 0 aliphatic heterocycles. The minimum atomic E-state index is -1.17. The van der Waals surface area contributed by atoms with E-state index in [2.05, 4.69) is 15.2 Å². The molecule has 1 heterocycles. The summed E-state index contributed by atoms with van der Waals surface area (Å²) < 4.78 is 10.3. The predicted molar refractivity (Wildman–Crippen MR) is 94.1 cm³/mol. The summed E-state index contributed by atoms with van der Waals surface area (Å²) in [5.74, 6) is -0.527. The lowest BCUT2D eigenvalue weighted by atomic mass is 10.1. The quantitative estimate of drug-likeness (QED) is 0.668. The summed E-state index contributed by atoms with van der Waals surface area (Å²) in [5, 5.41) is 28.1. The van der Waals surface area contributed by atoms with E-state index in [1.807, 2.05) is 0 Å². The number of phenolic OH excluding ortho intramolecular Hbond substituents is 1. The van der Waals surface area contributed by atoms with Crippen LogP contribution in [0.3, 0.4) is 0 Å². The number of rotatable bonds is 5. The van der Waals surface area contributed by atoms with E-state index in [4.69, 9.17) is 9.47 Å². The summed E-state index contributed by atoms with van der Waals surface area (Å²) in [5.41, 5.74) is 0.861. The van der Waals surface area contributed by atoms with E-state index in [9.17, 15) is 15.0 Å². The Bertz CT molecular complexity index is 1020. The second-order valence-electron chi connectivity index (χ2n) is 5.23. The van der Waals surface area contributed by atoms with E-state index in [0.29, 0.717) is 22.3 Å². The smallest absolute Gasteiger partial charge is 0.338 e. The minimum Gasteiger partial charge on any atom is -0.506 e. The molecule has 0 spiro atoms. The third-order valence-corrected chi connectivity index (χ3v) is 3.72. The normalized spacial score (nSPS) is 11.0. The van der Waals surface area contributed by atoms with Gasteiger partial charge in [0, 0.05) is 23.7 Å². The van der Waals surface area contributed by atoms with E-state index in [-0.39, 0.29) is 22.7 Å². The van der Waals surface area contributed by atoms with Gasteiger partial charge >= 0.3 is 5.97 Å². The first-order valence-corrected chi connectivity index (χ1v) is 7.53. The zero-order valence-corrected chi connectivity index (χ0v) is 14.0. The molecule has 0 saturated carbocycles. The Morgan fingerprint density at radius 1 is 1.04 bits per heavy atom. The number of ether oxygens (including phenoxy) is 2. The molecule has 8 heteroatoms. The number of aromatic nitrogens is 1. The van der Waals surface area contributed by atoms with E-state index in [1.54, 1.807) is 24.4 Å². The van der Waals surface area contributed by atoms with Crippen LogP contribution in [0, 0.1) is 0 Å². The maximum absolute atomic E-state index is 11.5. The number of fused-ring (bicyclic) bond motifs is 1. The van der Waals surface area contributed by atoms with Crippen molar-refractivity contribution in [1.82, 2.24) is 4.98 Å². The molecule has 0 aliphatic rings. The monoisotopic (exact) mass is 353 g/mol. The Balaban J connectivity index is 2.12. The summed E-state index contributed by atoms with van der Waals surface area (Å²) in [6.07, 6.45) is 1.56. The van der Waals surface area contributed by atoms with E-state index >= 15 is 0 Å². The van der Waals surface area contributed by atoms with Gasteiger partial charge in [-0.25, -0.2) is 4.79 Å². The highest BCUT2D eigenvalue weighted by Gasteiger charge is 2.16. The van der Waals surface area contributed by atoms with Gasteiger partial charge in [0.1, 0.15) is 17.0 Å². The molecule has 0 radical (unpaired) electrons. The average Bonchev–Trinajstić information content (AvgIpc) is 2.66. The zero-order chi connectivity index (χ0) is 18.7. The van der Waals surface area contributed by atoms with Crippen molar-refractivity contribution in [2.45, 2.75) is 0 Å². The van der Waals surface area contributed by atoms with Crippen molar-refractivity contribution < 1.29 is 24.5 Å².